The molecule has 0 aromatic carbocycles. The first-order chi connectivity index (χ1) is 21.8. The zero-order valence-corrected chi connectivity index (χ0v) is 29.7. The Labute approximate surface area is 274 Å². The van der Waals surface area contributed by atoms with Crippen LogP contribution in [0.5, 0.6) is 0 Å². The van der Waals surface area contributed by atoms with E-state index in [0.717, 1.165) is 30.8 Å². The fraction of sp³-hybridized carbons (Fsp3) is 0.850. The highest BCUT2D eigenvalue weighted by Gasteiger charge is 2.03. The van der Waals surface area contributed by atoms with Crippen LogP contribution in [0.4, 0.5) is 0 Å². The van der Waals surface area contributed by atoms with E-state index >= 15 is 0 Å². The monoisotopic (exact) mass is 614 g/mol. The topological polar surface area (TPSA) is 57.8 Å². The van der Waals surface area contributed by atoms with E-state index in [1.807, 2.05) is 6.20 Å². The van der Waals surface area contributed by atoms with Gasteiger partial charge >= 0.3 is 0 Å². The highest BCUT2D eigenvalue weighted by atomic mass is 16.1. The minimum absolute atomic E-state index is 0.192. The van der Waals surface area contributed by atoms with Gasteiger partial charge in [-0.1, -0.05) is 187 Å². The number of imidazole rings is 1. The van der Waals surface area contributed by atoms with Crippen LogP contribution in [0.3, 0.4) is 0 Å². The quantitative estimate of drug-likeness (QED) is 0.0760. The number of aromatic nitrogens is 2. The number of nitrogens with one attached hydrogen (secondary N) is 2. The van der Waals surface area contributed by atoms with Gasteiger partial charge in [-0.3, -0.25) is 4.79 Å². The van der Waals surface area contributed by atoms with Gasteiger partial charge in [0.25, 0.3) is 0 Å². The van der Waals surface area contributed by atoms with Gasteiger partial charge < -0.3 is 10.3 Å². The first kappa shape index (κ1) is 40.4. The van der Waals surface area contributed by atoms with Crippen molar-refractivity contribution >= 4 is 12.0 Å². The molecule has 1 heterocycles. The molecule has 0 radical (unpaired) electrons. The minimum atomic E-state index is 0.192. The smallest absolute Gasteiger partial charge is 0.220 e. The van der Waals surface area contributed by atoms with E-state index in [4.69, 9.17) is 0 Å². The lowest BCUT2D eigenvalue weighted by Crippen LogP contribution is -2.25. The van der Waals surface area contributed by atoms with Crippen molar-refractivity contribution in [2.45, 2.75) is 213 Å². The second-order valence-electron chi connectivity index (χ2n) is 13.5. The third kappa shape index (κ3) is 27.9. The van der Waals surface area contributed by atoms with Crippen LogP contribution in [-0.2, 0) is 11.2 Å². The van der Waals surface area contributed by atoms with Gasteiger partial charge in [0.2, 0.25) is 5.91 Å². The molecule has 256 valence electrons. The van der Waals surface area contributed by atoms with Crippen LogP contribution in [0.2, 0.25) is 0 Å². The number of rotatable bonds is 34. The van der Waals surface area contributed by atoms with E-state index in [1.54, 1.807) is 0 Å². The summed E-state index contributed by atoms with van der Waals surface area (Å²) in [5, 5.41) is 3.09. The highest BCUT2D eigenvalue weighted by Crippen LogP contribution is 2.15. The molecular formula is C40H75N3O. The summed E-state index contributed by atoms with van der Waals surface area (Å²) in [6.45, 7) is 5.26. The molecular weight excluding hydrogens is 538 g/mol. The third-order valence-corrected chi connectivity index (χ3v) is 9.12. The van der Waals surface area contributed by atoms with E-state index < -0.39 is 0 Å². The van der Waals surface area contributed by atoms with Crippen LogP contribution < -0.4 is 5.32 Å². The molecule has 4 nitrogen and oxygen atoms in total. The van der Waals surface area contributed by atoms with Crippen molar-refractivity contribution in [3.05, 3.63) is 23.8 Å². The molecule has 0 spiro atoms. The van der Waals surface area contributed by atoms with E-state index in [-0.39, 0.29) is 5.91 Å². The molecule has 0 aliphatic heterocycles. The van der Waals surface area contributed by atoms with Crippen LogP contribution in [-0.4, -0.2) is 22.4 Å². The lowest BCUT2D eigenvalue weighted by atomic mass is 10.0. The van der Waals surface area contributed by atoms with E-state index in [1.165, 1.54) is 173 Å². The van der Waals surface area contributed by atoms with Crippen LogP contribution in [0.15, 0.2) is 12.3 Å². The van der Waals surface area contributed by atoms with Crippen LogP contribution in [0, 0.1) is 0 Å². The number of nitrogens with zero attached hydrogens (tertiary/aromatic N) is 1. The lowest BCUT2D eigenvalue weighted by Gasteiger charge is -2.05. The van der Waals surface area contributed by atoms with Gasteiger partial charge in [-0.15, -0.1) is 0 Å². The number of H-pyrrole nitrogens is 1. The molecule has 0 unspecified atom stereocenters. The summed E-state index contributed by atoms with van der Waals surface area (Å²) in [5.41, 5.74) is 1.10. The van der Waals surface area contributed by atoms with Gasteiger partial charge in [-0.25, -0.2) is 4.98 Å². The summed E-state index contributed by atoms with van der Waals surface area (Å²) in [6.07, 6.45) is 47.4. The minimum Gasteiger partial charge on any atom is -0.356 e. The molecule has 1 amide bonds. The summed E-state index contributed by atoms with van der Waals surface area (Å²) in [6, 6.07) is 0. The maximum atomic E-state index is 12.2. The standard InChI is InChI=1S/C40H75N3O/c1-3-5-7-9-11-13-15-17-19-21-23-25-27-29-31-33-39-42-37-38(43-39)35-36-41-40(44)34-32-30-28-26-24-22-20-18-16-14-12-10-8-6-4-2/h31,33,37H,3-30,32,34-36H2,1-2H3,(H,41,44)(H,42,43). The Morgan fingerprint density at radius 1 is 0.614 bits per heavy atom. The van der Waals surface area contributed by atoms with E-state index in [9.17, 15) is 4.79 Å². The molecule has 0 bridgehead atoms. The largest absolute Gasteiger partial charge is 0.356 e. The van der Waals surface area contributed by atoms with Crippen molar-refractivity contribution < 1.29 is 4.79 Å². The Morgan fingerprint density at radius 2 is 1.02 bits per heavy atom. The summed E-state index contributed by atoms with van der Waals surface area (Å²) in [7, 11) is 0. The predicted octanol–water partition coefficient (Wildman–Crippen LogP) is 12.8. The second-order valence-corrected chi connectivity index (χ2v) is 13.5. The Balaban J connectivity index is 1.87. The number of hydrogen-bond acceptors (Lipinski definition) is 2. The summed E-state index contributed by atoms with van der Waals surface area (Å²) >= 11 is 0. The molecule has 1 aromatic rings. The van der Waals surface area contributed by atoms with Crippen molar-refractivity contribution in [1.82, 2.24) is 15.3 Å². The third-order valence-electron chi connectivity index (χ3n) is 9.12. The average molecular weight is 614 g/mol. The fourth-order valence-corrected chi connectivity index (χ4v) is 6.15. The van der Waals surface area contributed by atoms with Gasteiger partial charge in [-0.2, -0.15) is 0 Å². The molecule has 2 N–H and O–H groups in total. The Morgan fingerprint density at radius 3 is 1.48 bits per heavy atom. The van der Waals surface area contributed by atoms with Gasteiger partial charge in [0.05, 0.1) is 0 Å². The van der Waals surface area contributed by atoms with Crippen molar-refractivity contribution in [2.24, 2.45) is 0 Å². The SMILES string of the molecule is CCCCCCCCCCCCCCCC=Cc1ncc(CCNC(=O)CCCCCCCCCCCCCCCCC)[nH]1. The zero-order valence-electron chi connectivity index (χ0n) is 29.7. The van der Waals surface area contributed by atoms with E-state index in [0.29, 0.717) is 13.0 Å². The predicted molar refractivity (Wildman–Crippen MR) is 194 cm³/mol. The van der Waals surface area contributed by atoms with Gasteiger partial charge in [-0.05, 0) is 25.3 Å². The first-order valence-corrected chi connectivity index (χ1v) is 19.7. The van der Waals surface area contributed by atoms with Crippen LogP contribution >= 0.6 is 0 Å². The summed E-state index contributed by atoms with van der Waals surface area (Å²) in [4.78, 5) is 20.1. The molecule has 1 aromatic heterocycles. The Bertz CT molecular complexity index is 756. The van der Waals surface area contributed by atoms with Crippen LogP contribution in [0.1, 0.15) is 218 Å². The molecule has 0 atom stereocenters. The first-order valence-electron chi connectivity index (χ1n) is 19.7. The number of unbranched alkanes of at least 4 members (excludes halogenated alkanes) is 27. The number of carbonyl (C=O) groups is 1. The number of allylic oxidation sites excluding steroid dienone is 1. The zero-order chi connectivity index (χ0) is 31.6. The lowest BCUT2D eigenvalue weighted by molar-refractivity contribution is -0.121. The average Bonchev–Trinajstić information content (AvgIpc) is 3.48. The molecule has 0 saturated carbocycles. The van der Waals surface area contributed by atoms with Gasteiger partial charge in [0.1, 0.15) is 5.82 Å². The Hall–Kier alpha value is -1.58. The summed E-state index contributed by atoms with van der Waals surface area (Å²) in [5.74, 6) is 1.12. The van der Waals surface area contributed by atoms with E-state index in [2.05, 4.69) is 41.3 Å². The van der Waals surface area contributed by atoms with Crippen molar-refractivity contribution in [3.8, 4) is 0 Å². The van der Waals surface area contributed by atoms with Gasteiger partial charge in [0, 0.05) is 31.3 Å². The molecule has 0 aliphatic carbocycles. The second kappa shape index (κ2) is 32.8. The number of carbonyl (C=O) groups excluding carboxylic acids is 1. The maximum Gasteiger partial charge on any atom is 0.220 e. The van der Waals surface area contributed by atoms with Crippen molar-refractivity contribution in [2.75, 3.05) is 6.54 Å². The van der Waals surface area contributed by atoms with Crippen molar-refractivity contribution in [1.29, 1.82) is 0 Å². The number of hydrogen-bond donors (Lipinski definition) is 2. The number of aromatic amines is 1. The molecule has 0 saturated heterocycles. The summed E-state index contributed by atoms with van der Waals surface area (Å²) < 4.78 is 0. The molecule has 4 heteroatoms. The van der Waals surface area contributed by atoms with Crippen LogP contribution in [0.25, 0.3) is 6.08 Å². The van der Waals surface area contributed by atoms with Crippen molar-refractivity contribution in [3.63, 3.8) is 0 Å². The normalized spacial score (nSPS) is 11.6. The molecule has 0 aliphatic rings. The van der Waals surface area contributed by atoms with Gasteiger partial charge in [0.15, 0.2) is 0 Å². The fourth-order valence-electron chi connectivity index (χ4n) is 6.15. The molecule has 44 heavy (non-hydrogen) atoms. The highest BCUT2D eigenvalue weighted by molar-refractivity contribution is 5.75. The maximum absolute atomic E-state index is 12.2. The Kier molecular flexibility index (Phi) is 30.2. The molecule has 1 rings (SSSR count). The number of amides is 1. The molecule has 0 fully saturated rings.